The van der Waals surface area contributed by atoms with Crippen molar-refractivity contribution in [3.8, 4) is 5.75 Å². The molecule has 1 fully saturated rings. The van der Waals surface area contributed by atoms with Crippen molar-refractivity contribution in [2.45, 2.75) is 18.6 Å². The minimum absolute atomic E-state index is 0.0988. The number of aromatic nitrogens is 1. The van der Waals surface area contributed by atoms with Gasteiger partial charge in [0.15, 0.2) is 0 Å². The first-order valence-electron chi connectivity index (χ1n) is 9.68. The van der Waals surface area contributed by atoms with Crippen molar-refractivity contribution >= 4 is 35.1 Å². The molecule has 11 heteroatoms. The Kier molecular flexibility index (Phi) is 6.18. The van der Waals surface area contributed by atoms with E-state index in [9.17, 15) is 18.0 Å². The van der Waals surface area contributed by atoms with Crippen molar-refractivity contribution in [1.82, 2.24) is 14.8 Å². The van der Waals surface area contributed by atoms with Gasteiger partial charge in [0, 0.05) is 50.4 Å². The average molecular weight is 475 g/mol. The fourth-order valence-corrected chi connectivity index (χ4v) is 4.33. The molecule has 2 aliphatic heterocycles. The summed E-state index contributed by atoms with van der Waals surface area (Å²) in [6.45, 7) is 2.37. The first kappa shape index (κ1) is 22.0. The van der Waals surface area contributed by atoms with Crippen LogP contribution in [0, 0.1) is 0 Å². The summed E-state index contributed by atoms with van der Waals surface area (Å²) in [6, 6.07) is 5.32. The van der Waals surface area contributed by atoms with Gasteiger partial charge in [-0.1, -0.05) is 29.3 Å². The van der Waals surface area contributed by atoms with Crippen molar-refractivity contribution in [3.63, 3.8) is 0 Å². The highest BCUT2D eigenvalue weighted by atomic mass is 35.5. The molecular weight excluding hydrogens is 456 g/mol. The van der Waals surface area contributed by atoms with Gasteiger partial charge in [-0.2, -0.15) is 13.2 Å². The summed E-state index contributed by atoms with van der Waals surface area (Å²) in [5.41, 5.74) is -0.251. The topological polar surface area (TPSA) is 57.7 Å². The molecule has 1 N–H and O–H groups in total. The second kappa shape index (κ2) is 8.72. The molecule has 0 aliphatic carbocycles. The van der Waals surface area contributed by atoms with E-state index in [1.165, 1.54) is 12.3 Å². The van der Waals surface area contributed by atoms with Gasteiger partial charge in [-0.3, -0.25) is 10.2 Å². The third kappa shape index (κ3) is 4.68. The molecular formula is C20H19Cl2F3N4O2. The smallest absolute Gasteiger partial charge is 0.417 e. The average Bonchev–Trinajstić information content (AvgIpc) is 2.74. The van der Waals surface area contributed by atoms with Crippen LogP contribution in [0.4, 0.5) is 23.8 Å². The summed E-state index contributed by atoms with van der Waals surface area (Å²) in [5, 5.41) is 2.81. The predicted molar refractivity (Wildman–Crippen MR) is 111 cm³/mol. The van der Waals surface area contributed by atoms with Gasteiger partial charge >= 0.3 is 12.2 Å². The maximum Gasteiger partial charge on any atom is 0.417 e. The number of fused-ring (bicyclic) bond motifs is 1. The number of carbonyl (C=O) groups is 1. The zero-order chi connectivity index (χ0) is 22.2. The van der Waals surface area contributed by atoms with E-state index < -0.39 is 16.8 Å². The predicted octanol–water partition coefficient (Wildman–Crippen LogP) is 5.08. The third-order valence-electron chi connectivity index (χ3n) is 5.43. The molecule has 0 radical (unpaired) electrons. The molecule has 6 nitrogen and oxygen atoms in total. The summed E-state index contributed by atoms with van der Waals surface area (Å²) in [6.07, 6.45) is -2.46. The SMILES string of the molecule is O=C(Nc1ccc(Cl)cn1)N1CCN(C2CCOc3c2ccc(C(F)(F)F)c3Cl)CC1. The molecule has 166 valence electrons. The van der Waals surface area contributed by atoms with Crippen LogP contribution in [0.2, 0.25) is 10.0 Å². The lowest BCUT2D eigenvalue weighted by Crippen LogP contribution is -2.51. The Morgan fingerprint density at radius 1 is 1.13 bits per heavy atom. The number of alkyl halides is 3. The lowest BCUT2D eigenvalue weighted by atomic mass is 9.96. The monoisotopic (exact) mass is 474 g/mol. The van der Waals surface area contributed by atoms with Crippen molar-refractivity contribution in [2.75, 3.05) is 38.1 Å². The minimum Gasteiger partial charge on any atom is -0.492 e. The molecule has 1 aromatic carbocycles. The van der Waals surface area contributed by atoms with Gasteiger partial charge in [0.25, 0.3) is 0 Å². The number of benzene rings is 1. The number of urea groups is 1. The molecule has 2 amide bonds. The Bertz CT molecular complexity index is 964. The minimum atomic E-state index is -4.54. The van der Waals surface area contributed by atoms with Crippen molar-refractivity contribution in [2.24, 2.45) is 0 Å². The molecule has 2 aliphatic rings. The first-order valence-corrected chi connectivity index (χ1v) is 10.4. The van der Waals surface area contributed by atoms with Crippen LogP contribution < -0.4 is 10.1 Å². The standard InChI is InChI=1S/C20H19Cl2F3N4O2/c21-12-1-4-16(26-11-12)27-19(30)29-8-6-28(7-9-29)15-5-10-31-18-13(15)2-3-14(17(18)22)20(23,24)25/h1-4,11,15H,5-10H2,(H,26,27,30). The van der Waals surface area contributed by atoms with Crippen LogP contribution in [0.15, 0.2) is 30.5 Å². The van der Waals surface area contributed by atoms with E-state index in [2.05, 4.69) is 15.2 Å². The fraction of sp³-hybridized carbons (Fsp3) is 0.400. The van der Waals surface area contributed by atoms with E-state index in [0.29, 0.717) is 49.0 Å². The molecule has 2 aromatic rings. The van der Waals surface area contributed by atoms with E-state index in [0.717, 1.165) is 6.07 Å². The molecule has 1 atom stereocenters. The van der Waals surface area contributed by atoms with E-state index >= 15 is 0 Å². The summed E-state index contributed by atoms with van der Waals surface area (Å²) in [4.78, 5) is 20.4. The molecule has 1 unspecified atom stereocenters. The maximum absolute atomic E-state index is 13.2. The van der Waals surface area contributed by atoms with Crippen LogP contribution in [0.3, 0.4) is 0 Å². The summed E-state index contributed by atoms with van der Waals surface area (Å²) >= 11 is 11.8. The lowest BCUT2D eigenvalue weighted by Gasteiger charge is -2.41. The Morgan fingerprint density at radius 2 is 1.87 bits per heavy atom. The molecule has 1 aromatic heterocycles. The number of amides is 2. The maximum atomic E-state index is 13.2. The number of hydrogen-bond donors (Lipinski definition) is 1. The number of nitrogens with one attached hydrogen (secondary N) is 1. The van der Waals surface area contributed by atoms with E-state index in [4.69, 9.17) is 27.9 Å². The number of piperazine rings is 1. The number of pyridine rings is 1. The van der Waals surface area contributed by atoms with Gasteiger partial charge in [-0.25, -0.2) is 9.78 Å². The van der Waals surface area contributed by atoms with Crippen LogP contribution >= 0.6 is 23.2 Å². The van der Waals surface area contributed by atoms with E-state index in [1.54, 1.807) is 17.0 Å². The van der Waals surface area contributed by atoms with Crippen LogP contribution in [0.1, 0.15) is 23.6 Å². The Balaban J connectivity index is 1.42. The highest BCUT2D eigenvalue weighted by Crippen LogP contribution is 2.46. The van der Waals surface area contributed by atoms with Gasteiger partial charge in [-0.05, 0) is 18.2 Å². The molecule has 3 heterocycles. The fourth-order valence-electron chi connectivity index (χ4n) is 3.88. The van der Waals surface area contributed by atoms with Gasteiger partial charge in [0.2, 0.25) is 0 Å². The van der Waals surface area contributed by atoms with Crippen molar-refractivity contribution in [3.05, 3.63) is 51.6 Å². The van der Waals surface area contributed by atoms with Gasteiger partial charge in [0.1, 0.15) is 11.6 Å². The molecule has 31 heavy (non-hydrogen) atoms. The zero-order valence-electron chi connectivity index (χ0n) is 16.3. The van der Waals surface area contributed by atoms with Crippen LogP contribution in [-0.4, -0.2) is 53.6 Å². The molecule has 0 bridgehead atoms. The van der Waals surface area contributed by atoms with Gasteiger partial charge in [0.05, 0.1) is 22.2 Å². The van der Waals surface area contributed by atoms with Crippen LogP contribution in [0.5, 0.6) is 5.75 Å². The normalized spacial score (nSPS) is 19.5. The number of nitrogens with zero attached hydrogens (tertiary/aromatic N) is 3. The number of halogens is 5. The Labute approximate surface area is 186 Å². The Morgan fingerprint density at radius 3 is 2.52 bits per heavy atom. The van der Waals surface area contributed by atoms with Crippen LogP contribution in [0.25, 0.3) is 0 Å². The number of carbonyl (C=O) groups excluding carboxylic acids is 1. The first-order chi connectivity index (χ1) is 14.7. The van der Waals surface area contributed by atoms with E-state index in [-0.39, 0.29) is 24.4 Å². The quantitative estimate of drug-likeness (QED) is 0.659. The lowest BCUT2D eigenvalue weighted by molar-refractivity contribution is -0.137. The second-order valence-corrected chi connectivity index (χ2v) is 8.13. The van der Waals surface area contributed by atoms with E-state index in [1.807, 2.05) is 0 Å². The number of hydrogen-bond acceptors (Lipinski definition) is 4. The third-order valence-corrected chi connectivity index (χ3v) is 6.03. The molecule has 1 saturated heterocycles. The second-order valence-electron chi connectivity index (χ2n) is 7.31. The molecule has 0 spiro atoms. The van der Waals surface area contributed by atoms with Gasteiger partial charge < -0.3 is 9.64 Å². The summed E-state index contributed by atoms with van der Waals surface area (Å²) in [5.74, 6) is 0.507. The highest BCUT2D eigenvalue weighted by Gasteiger charge is 2.38. The Hall–Kier alpha value is -2.23. The van der Waals surface area contributed by atoms with Crippen molar-refractivity contribution < 1.29 is 22.7 Å². The summed E-state index contributed by atoms with van der Waals surface area (Å²) in [7, 11) is 0. The summed E-state index contributed by atoms with van der Waals surface area (Å²) < 4.78 is 45.0. The van der Waals surface area contributed by atoms with Gasteiger partial charge in [-0.15, -0.1) is 0 Å². The largest absolute Gasteiger partial charge is 0.492 e. The van der Waals surface area contributed by atoms with Crippen molar-refractivity contribution in [1.29, 1.82) is 0 Å². The number of anilines is 1. The highest BCUT2D eigenvalue weighted by molar-refractivity contribution is 6.33. The molecule has 4 rings (SSSR count). The zero-order valence-corrected chi connectivity index (χ0v) is 17.8. The number of rotatable bonds is 2. The van der Waals surface area contributed by atoms with Crippen LogP contribution in [-0.2, 0) is 6.18 Å². The number of ether oxygens (including phenoxy) is 1. The molecule has 0 saturated carbocycles.